The number of allylic oxidation sites excluding steroid dienone is 1. The zero-order valence-corrected chi connectivity index (χ0v) is 14.2. The highest BCUT2D eigenvalue weighted by Crippen LogP contribution is 2.41. The van der Waals surface area contributed by atoms with E-state index >= 15 is 0 Å². The van der Waals surface area contributed by atoms with Gasteiger partial charge in [-0.05, 0) is 43.0 Å². The summed E-state index contributed by atoms with van der Waals surface area (Å²) in [6.07, 6.45) is 0.704. The first-order valence-corrected chi connectivity index (χ1v) is 7.86. The van der Waals surface area contributed by atoms with Crippen molar-refractivity contribution in [1.29, 1.82) is 0 Å². The summed E-state index contributed by atoms with van der Waals surface area (Å²) < 4.78 is 1.84. The van der Waals surface area contributed by atoms with Crippen molar-refractivity contribution in [3.8, 4) is 5.69 Å². The van der Waals surface area contributed by atoms with Crippen LogP contribution in [0.2, 0.25) is 5.02 Å². The lowest BCUT2D eigenvalue weighted by atomic mass is 9.72. The second-order valence-electron chi connectivity index (χ2n) is 6.21. The van der Waals surface area contributed by atoms with Crippen LogP contribution in [0.1, 0.15) is 35.6 Å². The predicted molar refractivity (Wildman–Crippen MR) is 89.1 cm³/mol. The zero-order valence-electron chi connectivity index (χ0n) is 12.7. The Kier molecular flexibility index (Phi) is 3.66. The average molecular weight is 335 g/mol. The molecule has 1 aromatic carbocycles. The van der Waals surface area contributed by atoms with E-state index in [1.807, 2.05) is 49.7 Å². The minimum absolute atomic E-state index is 0.0287. The van der Waals surface area contributed by atoms with Crippen molar-refractivity contribution in [1.82, 2.24) is 9.78 Å². The third-order valence-electron chi connectivity index (χ3n) is 4.15. The van der Waals surface area contributed by atoms with Gasteiger partial charge in [-0.3, -0.25) is 4.79 Å². The van der Waals surface area contributed by atoms with Gasteiger partial charge in [0, 0.05) is 16.1 Å². The summed E-state index contributed by atoms with van der Waals surface area (Å²) in [6, 6.07) is 7.44. The Labute approximate surface area is 139 Å². The van der Waals surface area contributed by atoms with Crippen molar-refractivity contribution < 1.29 is 4.79 Å². The van der Waals surface area contributed by atoms with Crippen LogP contribution >= 0.6 is 23.2 Å². The molecule has 0 fully saturated rings. The van der Waals surface area contributed by atoms with Gasteiger partial charge in [0.1, 0.15) is 0 Å². The van der Waals surface area contributed by atoms with E-state index in [0.717, 1.165) is 17.1 Å². The van der Waals surface area contributed by atoms with Gasteiger partial charge in [0.05, 0.1) is 22.6 Å². The number of nitrogens with zero attached hydrogens (tertiary/aromatic N) is 2. The zero-order chi connectivity index (χ0) is 16.1. The van der Waals surface area contributed by atoms with Crippen molar-refractivity contribution in [2.75, 3.05) is 0 Å². The second-order valence-corrected chi connectivity index (χ2v) is 6.86. The normalized spacial score (nSPS) is 18.6. The molecular formula is C17H16Cl2N2O. The maximum atomic E-state index is 12.8. The smallest absolute Gasteiger partial charge is 0.194 e. The van der Waals surface area contributed by atoms with E-state index < -0.39 is 0 Å². The summed E-state index contributed by atoms with van der Waals surface area (Å²) in [5.74, 6) is -0.0287. The number of hydrogen-bond donors (Lipinski definition) is 0. The quantitative estimate of drug-likeness (QED) is 0.707. The number of fused-ring (bicyclic) bond motifs is 1. The third-order valence-corrected chi connectivity index (χ3v) is 4.62. The van der Waals surface area contributed by atoms with Crippen molar-refractivity contribution in [3.05, 3.63) is 57.3 Å². The van der Waals surface area contributed by atoms with Crippen LogP contribution in [0.3, 0.4) is 0 Å². The minimum atomic E-state index is -0.317. The standard InChI is InChI=1S/C17H16Cl2N2O/c1-10-15-14(8-17(2,3)13(9-18)16(15)22)21(20-10)12-6-4-11(19)5-7-12/h4-7,9H,8H2,1-3H3/b13-9-. The van der Waals surface area contributed by atoms with Gasteiger partial charge in [0.25, 0.3) is 0 Å². The molecule has 0 saturated heterocycles. The lowest BCUT2D eigenvalue weighted by Crippen LogP contribution is -2.31. The van der Waals surface area contributed by atoms with E-state index in [0.29, 0.717) is 22.6 Å². The van der Waals surface area contributed by atoms with Gasteiger partial charge < -0.3 is 0 Å². The van der Waals surface area contributed by atoms with Crippen LogP contribution in [0.25, 0.3) is 5.69 Å². The number of hydrogen-bond acceptors (Lipinski definition) is 2. The van der Waals surface area contributed by atoms with Gasteiger partial charge in [-0.2, -0.15) is 5.10 Å². The molecule has 0 saturated carbocycles. The van der Waals surface area contributed by atoms with Crippen molar-refractivity contribution in [2.45, 2.75) is 27.2 Å². The summed E-state index contributed by atoms with van der Waals surface area (Å²) >= 11 is 11.8. The highest BCUT2D eigenvalue weighted by molar-refractivity contribution is 6.30. The maximum Gasteiger partial charge on any atom is 0.194 e. The first-order chi connectivity index (χ1) is 10.3. The van der Waals surface area contributed by atoms with Gasteiger partial charge in [-0.25, -0.2) is 4.68 Å². The molecule has 0 radical (unpaired) electrons. The molecule has 0 unspecified atom stereocenters. The summed E-state index contributed by atoms with van der Waals surface area (Å²) in [4.78, 5) is 12.8. The molecule has 0 aliphatic heterocycles. The molecule has 2 aromatic rings. The van der Waals surface area contributed by atoms with Crippen LogP contribution < -0.4 is 0 Å². The van der Waals surface area contributed by atoms with Crippen LogP contribution in [-0.2, 0) is 6.42 Å². The number of carbonyl (C=O) groups is 1. The molecule has 114 valence electrons. The van der Waals surface area contributed by atoms with E-state index in [9.17, 15) is 4.79 Å². The first kappa shape index (κ1) is 15.3. The highest BCUT2D eigenvalue weighted by atomic mass is 35.5. The van der Waals surface area contributed by atoms with Crippen LogP contribution in [-0.4, -0.2) is 15.6 Å². The van der Waals surface area contributed by atoms with Crippen LogP contribution in [0.4, 0.5) is 0 Å². The second kappa shape index (κ2) is 5.25. The summed E-state index contributed by atoms with van der Waals surface area (Å²) in [5.41, 5.74) is 4.95. The van der Waals surface area contributed by atoms with Crippen molar-refractivity contribution in [2.24, 2.45) is 5.41 Å². The fourth-order valence-corrected chi connectivity index (χ4v) is 3.50. The lowest BCUT2D eigenvalue weighted by Gasteiger charge is -2.31. The summed E-state index contributed by atoms with van der Waals surface area (Å²) in [6.45, 7) is 5.90. The van der Waals surface area contributed by atoms with Gasteiger partial charge >= 0.3 is 0 Å². The van der Waals surface area contributed by atoms with Gasteiger partial charge in [-0.1, -0.05) is 37.0 Å². The number of Topliss-reactive ketones (excluding diaryl/α,β-unsaturated/α-hetero) is 1. The molecule has 0 bridgehead atoms. The average Bonchev–Trinajstić information content (AvgIpc) is 2.75. The number of aryl methyl sites for hydroxylation is 1. The summed E-state index contributed by atoms with van der Waals surface area (Å²) in [5, 5.41) is 5.23. The fourth-order valence-electron chi connectivity index (χ4n) is 2.98. The Hall–Kier alpha value is -1.58. The highest BCUT2D eigenvalue weighted by Gasteiger charge is 2.39. The molecule has 0 spiro atoms. The van der Waals surface area contributed by atoms with Crippen LogP contribution in [0.5, 0.6) is 0 Å². The maximum absolute atomic E-state index is 12.8. The monoisotopic (exact) mass is 334 g/mol. The van der Waals surface area contributed by atoms with Gasteiger partial charge in [0.2, 0.25) is 0 Å². The molecule has 0 amide bonds. The molecule has 22 heavy (non-hydrogen) atoms. The number of carbonyl (C=O) groups excluding carboxylic acids is 1. The summed E-state index contributed by atoms with van der Waals surface area (Å²) in [7, 11) is 0. The molecule has 1 aromatic heterocycles. The Morgan fingerprint density at radius 3 is 2.50 bits per heavy atom. The molecule has 0 atom stereocenters. The molecule has 1 heterocycles. The Morgan fingerprint density at radius 1 is 1.27 bits per heavy atom. The lowest BCUT2D eigenvalue weighted by molar-refractivity contribution is 0.0994. The molecule has 1 aliphatic rings. The fraction of sp³-hybridized carbons (Fsp3) is 0.294. The number of ketones is 1. The van der Waals surface area contributed by atoms with E-state index in [-0.39, 0.29) is 11.2 Å². The van der Waals surface area contributed by atoms with Crippen LogP contribution in [0, 0.1) is 12.3 Å². The largest absolute Gasteiger partial charge is 0.289 e. The third kappa shape index (κ3) is 2.29. The molecule has 5 heteroatoms. The number of rotatable bonds is 1. The van der Waals surface area contributed by atoms with Crippen molar-refractivity contribution in [3.63, 3.8) is 0 Å². The van der Waals surface area contributed by atoms with E-state index in [4.69, 9.17) is 23.2 Å². The number of aromatic nitrogens is 2. The first-order valence-electron chi connectivity index (χ1n) is 7.05. The van der Waals surface area contributed by atoms with Crippen molar-refractivity contribution >= 4 is 29.0 Å². The number of halogens is 2. The Balaban J connectivity index is 2.22. The Bertz CT molecular complexity index is 786. The van der Waals surface area contributed by atoms with E-state index in [2.05, 4.69) is 5.10 Å². The minimum Gasteiger partial charge on any atom is -0.289 e. The van der Waals surface area contributed by atoms with Gasteiger partial charge in [-0.15, -0.1) is 0 Å². The topological polar surface area (TPSA) is 34.9 Å². The molecule has 3 nitrogen and oxygen atoms in total. The molecule has 1 aliphatic carbocycles. The molecule has 3 rings (SSSR count). The van der Waals surface area contributed by atoms with E-state index in [1.165, 1.54) is 5.54 Å². The predicted octanol–water partition coefficient (Wildman–Crippen LogP) is 4.72. The molecular weight excluding hydrogens is 319 g/mol. The Morgan fingerprint density at radius 2 is 1.91 bits per heavy atom. The molecule has 0 N–H and O–H groups in total. The SMILES string of the molecule is Cc1nn(-c2ccc(Cl)cc2)c2c1C(=O)/C(=C/Cl)C(C)(C)C2. The number of benzene rings is 1. The van der Waals surface area contributed by atoms with Gasteiger partial charge in [0.15, 0.2) is 5.78 Å². The van der Waals surface area contributed by atoms with E-state index in [1.54, 1.807) is 0 Å². The van der Waals surface area contributed by atoms with Crippen LogP contribution in [0.15, 0.2) is 35.4 Å².